The zero-order valence-corrected chi connectivity index (χ0v) is 33.0. The van der Waals surface area contributed by atoms with E-state index in [-0.39, 0.29) is 74.3 Å². The Balaban J connectivity index is 0.756. The van der Waals surface area contributed by atoms with Crippen LogP contribution in [-0.2, 0) is 23.9 Å². The number of nitrogens with zero attached hydrogens (tertiary/aromatic N) is 7. The number of H-pyrrole nitrogens is 1. The molecule has 2 saturated heterocycles. The second kappa shape index (κ2) is 18.4. The van der Waals surface area contributed by atoms with E-state index in [1.807, 2.05) is 23.1 Å². The van der Waals surface area contributed by atoms with Crippen molar-refractivity contribution in [1.82, 2.24) is 45.1 Å². The highest BCUT2D eigenvalue weighted by molar-refractivity contribution is 6.25. The number of rotatable bonds is 16. The summed E-state index contributed by atoms with van der Waals surface area (Å²) in [5, 5.41) is 20.0. The van der Waals surface area contributed by atoms with Crippen LogP contribution >= 0.6 is 0 Å². The molecule has 4 N–H and O–H groups in total. The lowest BCUT2D eigenvalue weighted by Gasteiger charge is -2.31. The third-order valence-electron chi connectivity index (χ3n) is 10.7. The van der Waals surface area contributed by atoms with Crippen molar-refractivity contribution >= 4 is 46.9 Å². The molecular weight excluding hydrogens is 787 g/mol. The molecule has 0 bridgehead atoms. The molecule has 0 aliphatic carbocycles. The molecule has 4 aromatic heterocycles. The quantitative estimate of drug-likeness (QED) is 0.0828. The summed E-state index contributed by atoms with van der Waals surface area (Å²) in [6, 6.07) is 18.1. The van der Waals surface area contributed by atoms with Gasteiger partial charge < -0.3 is 25.0 Å². The highest BCUT2D eigenvalue weighted by Gasteiger charge is 2.45. The number of hydrogen-bond donors (Lipinski definition) is 4. The molecule has 3 aliphatic rings. The molecule has 8 rings (SSSR count). The van der Waals surface area contributed by atoms with Crippen LogP contribution in [-0.4, -0.2) is 127 Å². The lowest BCUT2D eigenvalue weighted by Crippen LogP contribution is -2.54. The summed E-state index contributed by atoms with van der Waals surface area (Å²) >= 11 is 0. The number of carbonyl (C=O) groups is 6. The number of ether oxygens (including phenoxy) is 2. The zero-order valence-electron chi connectivity index (χ0n) is 33.0. The summed E-state index contributed by atoms with van der Waals surface area (Å²) in [6.45, 7) is 2.55. The molecule has 0 saturated carbocycles. The van der Waals surface area contributed by atoms with E-state index >= 15 is 0 Å². The number of aromatic amines is 1. The van der Waals surface area contributed by atoms with Crippen molar-refractivity contribution in [2.75, 3.05) is 56.7 Å². The van der Waals surface area contributed by atoms with Gasteiger partial charge in [0.25, 0.3) is 17.7 Å². The fourth-order valence-electron chi connectivity index (χ4n) is 7.62. The Bertz CT molecular complexity index is 2430. The average molecular weight is 830 g/mol. The Morgan fingerprint density at radius 1 is 0.852 bits per heavy atom. The maximum atomic E-state index is 13.4. The minimum absolute atomic E-state index is 0.0000113. The number of anilines is 2. The van der Waals surface area contributed by atoms with Crippen LogP contribution in [0.5, 0.6) is 0 Å². The van der Waals surface area contributed by atoms with Gasteiger partial charge in [0.2, 0.25) is 17.7 Å². The van der Waals surface area contributed by atoms with Crippen LogP contribution < -0.4 is 16.0 Å². The van der Waals surface area contributed by atoms with Crippen molar-refractivity contribution in [1.29, 1.82) is 0 Å². The number of fused-ring (bicyclic) bond motifs is 1. The predicted molar refractivity (Wildman–Crippen MR) is 218 cm³/mol. The molecule has 1 atom stereocenters. The van der Waals surface area contributed by atoms with Gasteiger partial charge in [-0.3, -0.25) is 44.1 Å². The molecule has 314 valence electrons. The smallest absolute Gasteiger partial charge is 0.275 e. The molecule has 1 unspecified atom stereocenters. The summed E-state index contributed by atoms with van der Waals surface area (Å²) in [5.41, 5.74) is 3.13. The number of hydrogen-bond acceptors (Lipinski definition) is 13. The van der Waals surface area contributed by atoms with Crippen LogP contribution in [0.1, 0.15) is 74.9 Å². The zero-order chi connectivity index (χ0) is 42.3. The summed E-state index contributed by atoms with van der Waals surface area (Å²) in [4.78, 5) is 88.5. The summed E-state index contributed by atoms with van der Waals surface area (Å²) in [7, 11) is 0. The number of amides is 6. The van der Waals surface area contributed by atoms with Crippen LogP contribution in [0.4, 0.5) is 11.5 Å². The van der Waals surface area contributed by atoms with Crippen LogP contribution in [0.3, 0.4) is 0 Å². The Morgan fingerprint density at radius 2 is 1.67 bits per heavy atom. The van der Waals surface area contributed by atoms with Crippen LogP contribution in [0, 0.1) is 0 Å². The van der Waals surface area contributed by atoms with Gasteiger partial charge in [0.1, 0.15) is 17.6 Å². The Morgan fingerprint density at radius 3 is 2.44 bits per heavy atom. The number of pyridine rings is 2. The maximum Gasteiger partial charge on any atom is 0.275 e. The highest BCUT2D eigenvalue weighted by Crippen LogP contribution is 2.33. The van der Waals surface area contributed by atoms with E-state index in [2.05, 4.69) is 36.1 Å². The number of imide groups is 2. The largest absolute Gasteiger partial charge is 0.382 e. The number of likely N-dealkylation sites (tertiary alicyclic amines) is 1. The van der Waals surface area contributed by atoms with E-state index in [4.69, 9.17) is 14.6 Å². The lowest BCUT2D eigenvalue weighted by molar-refractivity contribution is -0.136. The second-order valence-electron chi connectivity index (χ2n) is 14.6. The molecule has 3 aliphatic heterocycles. The van der Waals surface area contributed by atoms with Crippen LogP contribution in [0.15, 0.2) is 79.1 Å². The van der Waals surface area contributed by atoms with E-state index in [9.17, 15) is 28.8 Å². The average Bonchev–Trinajstić information content (AvgIpc) is 4.03. The molecule has 61 heavy (non-hydrogen) atoms. The van der Waals surface area contributed by atoms with E-state index in [0.29, 0.717) is 61.2 Å². The Labute approximate surface area is 349 Å². The Hall–Kier alpha value is -7.12. The van der Waals surface area contributed by atoms with Gasteiger partial charge in [-0.25, -0.2) is 9.97 Å². The van der Waals surface area contributed by atoms with Crippen LogP contribution in [0.25, 0.3) is 17.2 Å². The molecule has 0 radical (unpaired) electrons. The SMILES string of the molecule is O=C1CCC(N2C(=O)c3cccc(NCCOCCOCCC(=O)N4CCC(c5cc(NC(=O)c6cccc(-c7ccn[nH]7)n6)n(-c6ccccn6)n5)CC4)c3C2=O)C(=O)N1. The summed E-state index contributed by atoms with van der Waals surface area (Å²) < 4.78 is 13.0. The van der Waals surface area contributed by atoms with Gasteiger partial charge in [-0.15, -0.1) is 0 Å². The first kappa shape index (κ1) is 40.7. The third-order valence-corrected chi connectivity index (χ3v) is 10.7. The molecule has 6 amide bonds. The van der Waals surface area contributed by atoms with Gasteiger partial charge in [-0.1, -0.05) is 18.2 Å². The molecule has 2 fully saturated rings. The fraction of sp³-hybridized carbons (Fsp3) is 0.333. The normalized spacial score (nSPS) is 16.8. The molecule has 19 heteroatoms. The van der Waals surface area contributed by atoms with Gasteiger partial charge in [0, 0.05) is 56.1 Å². The van der Waals surface area contributed by atoms with Gasteiger partial charge in [0.15, 0.2) is 5.82 Å². The third kappa shape index (κ3) is 9.07. The number of benzene rings is 1. The van der Waals surface area contributed by atoms with Gasteiger partial charge >= 0.3 is 0 Å². The van der Waals surface area contributed by atoms with Crippen molar-refractivity contribution in [3.63, 3.8) is 0 Å². The number of piperidine rings is 2. The molecule has 0 spiro atoms. The molecular formula is C42H43N11O8. The van der Waals surface area contributed by atoms with Crippen LogP contribution in [0.2, 0.25) is 0 Å². The minimum Gasteiger partial charge on any atom is -0.382 e. The van der Waals surface area contributed by atoms with Crippen molar-refractivity contribution in [3.8, 4) is 17.2 Å². The van der Waals surface area contributed by atoms with E-state index in [0.717, 1.165) is 10.6 Å². The van der Waals surface area contributed by atoms with Crippen molar-refractivity contribution in [3.05, 3.63) is 102 Å². The topological polar surface area (TPSA) is 236 Å². The number of nitrogens with one attached hydrogen (secondary N) is 4. The lowest BCUT2D eigenvalue weighted by atomic mass is 9.93. The first-order valence-corrected chi connectivity index (χ1v) is 20.1. The van der Waals surface area contributed by atoms with Crippen molar-refractivity contribution in [2.45, 2.75) is 44.1 Å². The first-order valence-electron chi connectivity index (χ1n) is 20.1. The molecule has 19 nitrogen and oxygen atoms in total. The van der Waals surface area contributed by atoms with Gasteiger partial charge in [-0.2, -0.15) is 14.9 Å². The van der Waals surface area contributed by atoms with E-state index in [1.54, 1.807) is 59.5 Å². The predicted octanol–water partition coefficient (Wildman–Crippen LogP) is 2.95. The summed E-state index contributed by atoms with van der Waals surface area (Å²) in [5.74, 6) is -1.58. The van der Waals surface area contributed by atoms with Gasteiger partial charge in [0.05, 0.1) is 61.1 Å². The number of aromatic nitrogens is 6. The van der Waals surface area contributed by atoms with Crippen molar-refractivity contribution < 1.29 is 38.2 Å². The van der Waals surface area contributed by atoms with Crippen molar-refractivity contribution in [2.24, 2.45) is 0 Å². The van der Waals surface area contributed by atoms with E-state index < -0.39 is 35.6 Å². The highest BCUT2D eigenvalue weighted by atomic mass is 16.5. The van der Waals surface area contributed by atoms with E-state index in [1.165, 1.54) is 6.07 Å². The second-order valence-corrected chi connectivity index (χ2v) is 14.6. The number of carbonyl (C=O) groups excluding carboxylic acids is 6. The molecule has 7 heterocycles. The molecule has 1 aromatic carbocycles. The van der Waals surface area contributed by atoms with Gasteiger partial charge in [-0.05, 0) is 61.7 Å². The maximum absolute atomic E-state index is 13.4. The summed E-state index contributed by atoms with van der Waals surface area (Å²) in [6.07, 6.45) is 5.03. The minimum atomic E-state index is -1.04. The monoisotopic (exact) mass is 829 g/mol. The Kier molecular flexibility index (Phi) is 12.3. The molecule has 5 aromatic rings. The standard InChI is InChI=1S/C42H43N11O8/c54-36-11-10-33(40(57)48-36)52-41(58)27-5-3-7-30(38(27)42(52)59)43-18-22-61-24-23-60-21-15-37(55)51-19-13-26(14-20-51)32-25-35(53(50-32)34-9-1-2-16-44-34)47-39(56)31-8-4-6-28(46-31)29-12-17-45-49-29/h1-9,12,16-17,25-26,33,43H,10-11,13-15,18-24H2,(H,45,49)(H,47,56)(H,48,54,57). The first-order chi connectivity index (χ1) is 29.7. The fourth-order valence-corrected chi connectivity index (χ4v) is 7.62.